The lowest BCUT2D eigenvalue weighted by molar-refractivity contribution is 0.655. The number of nitrogens with one attached hydrogen (secondary N) is 1. The number of rotatable bonds is 5. The zero-order chi connectivity index (χ0) is 19.8. The van der Waals surface area contributed by atoms with Crippen molar-refractivity contribution in [3.05, 3.63) is 71.3 Å². The maximum Gasteiger partial charge on any atom is 0.203 e. The fourth-order valence-corrected chi connectivity index (χ4v) is 3.24. The van der Waals surface area contributed by atoms with Gasteiger partial charge in [0.1, 0.15) is 17.0 Å². The number of fused-ring (bicyclic) bond motifs is 1. The predicted molar refractivity (Wildman–Crippen MR) is 106 cm³/mol. The smallest absolute Gasteiger partial charge is 0.203 e. The highest BCUT2D eigenvalue weighted by atomic mass is 15.5. The van der Waals surface area contributed by atoms with Crippen molar-refractivity contribution >= 4 is 17.0 Å². The molecule has 5 rings (SSSR count). The number of benzene rings is 1. The third-order valence-corrected chi connectivity index (χ3v) is 4.65. The summed E-state index contributed by atoms with van der Waals surface area (Å²) in [5.74, 6) is 0.418. The summed E-state index contributed by atoms with van der Waals surface area (Å²) >= 11 is 0. The van der Waals surface area contributed by atoms with Crippen molar-refractivity contribution in [1.29, 1.82) is 0 Å². The minimum absolute atomic E-state index is 0.418. The molecule has 5 aromatic rings. The second-order valence-corrected chi connectivity index (χ2v) is 6.78. The fourth-order valence-electron chi connectivity index (χ4n) is 3.24. The van der Waals surface area contributed by atoms with Gasteiger partial charge in [-0.3, -0.25) is 4.68 Å². The topological polar surface area (TPSA) is 129 Å². The van der Waals surface area contributed by atoms with E-state index in [1.807, 2.05) is 60.4 Å². The van der Waals surface area contributed by atoms with Crippen LogP contribution in [0.3, 0.4) is 0 Å². The van der Waals surface area contributed by atoms with Crippen LogP contribution < -0.4 is 5.73 Å². The summed E-state index contributed by atoms with van der Waals surface area (Å²) in [5, 5.41) is 24.4. The molecule has 29 heavy (non-hydrogen) atoms. The number of nitrogen functional groups attached to an aromatic ring is 1. The van der Waals surface area contributed by atoms with Crippen LogP contribution in [0.4, 0.5) is 5.82 Å². The average Bonchev–Trinajstić information content (AvgIpc) is 3.44. The van der Waals surface area contributed by atoms with Crippen LogP contribution in [-0.4, -0.2) is 45.2 Å². The second-order valence-electron chi connectivity index (χ2n) is 6.78. The molecule has 0 fully saturated rings. The van der Waals surface area contributed by atoms with E-state index in [4.69, 9.17) is 5.73 Å². The molecule has 0 saturated carbocycles. The fraction of sp³-hybridized carbons (Fsp3) is 0.158. The normalized spacial score (nSPS) is 11.3. The lowest BCUT2D eigenvalue weighted by Crippen LogP contribution is -2.03. The van der Waals surface area contributed by atoms with Gasteiger partial charge in [-0.25, -0.2) is 4.98 Å². The van der Waals surface area contributed by atoms with Crippen molar-refractivity contribution < 1.29 is 0 Å². The first-order valence-electron chi connectivity index (χ1n) is 9.11. The van der Waals surface area contributed by atoms with Crippen LogP contribution in [0.15, 0.2) is 48.8 Å². The minimum Gasteiger partial charge on any atom is -0.384 e. The Labute approximate surface area is 165 Å². The molecule has 0 unspecified atom stereocenters. The molecule has 144 valence electrons. The van der Waals surface area contributed by atoms with Gasteiger partial charge in [0.15, 0.2) is 0 Å². The van der Waals surface area contributed by atoms with Crippen LogP contribution in [0, 0.1) is 6.92 Å². The van der Waals surface area contributed by atoms with E-state index in [0.717, 1.165) is 28.2 Å². The number of nitrogens with zero attached hydrogens (tertiary/aromatic N) is 8. The SMILES string of the molecule is Cc1nn(-c2ccccc2)nc1Cn1cc(Cc2cc(N)nc3n[nH]nc23)cn1. The standard InChI is InChI=1S/C19H18N10/c1-12-16(26-29(25-12)15-5-3-2-4-6-15)11-28-10-13(9-21-28)7-14-8-17(20)22-19-18(14)23-27-24-19/h2-6,8-10H,7,11H2,1H3,(H3,20,22,23,24,27). The molecule has 0 aliphatic rings. The van der Waals surface area contributed by atoms with Gasteiger partial charge in [-0.1, -0.05) is 18.2 Å². The molecule has 0 amide bonds. The average molecular weight is 386 g/mol. The summed E-state index contributed by atoms with van der Waals surface area (Å²) in [5.41, 5.74) is 11.8. The molecule has 4 aromatic heterocycles. The largest absolute Gasteiger partial charge is 0.384 e. The Morgan fingerprint density at radius 1 is 1.10 bits per heavy atom. The number of hydrogen-bond acceptors (Lipinski definition) is 7. The summed E-state index contributed by atoms with van der Waals surface area (Å²) in [6, 6.07) is 11.7. The van der Waals surface area contributed by atoms with Crippen LogP contribution in [0.5, 0.6) is 0 Å². The molecule has 0 atom stereocenters. The van der Waals surface area contributed by atoms with Crippen LogP contribution in [0.2, 0.25) is 0 Å². The number of nitrogens with two attached hydrogens (primary N) is 1. The number of aryl methyl sites for hydroxylation is 1. The molecule has 0 spiro atoms. The number of pyridine rings is 1. The molecule has 0 bridgehead atoms. The molecule has 0 aliphatic heterocycles. The Kier molecular flexibility index (Phi) is 4.01. The Morgan fingerprint density at radius 3 is 2.83 bits per heavy atom. The van der Waals surface area contributed by atoms with Crippen LogP contribution in [0.1, 0.15) is 22.5 Å². The van der Waals surface area contributed by atoms with E-state index in [2.05, 4.69) is 35.7 Å². The monoisotopic (exact) mass is 386 g/mol. The summed E-state index contributed by atoms with van der Waals surface area (Å²) in [7, 11) is 0. The van der Waals surface area contributed by atoms with Gasteiger partial charge in [0.25, 0.3) is 0 Å². The van der Waals surface area contributed by atoms with Gasteiger partial charge in [0, 0.05) is 12.6 Å². The van der Waals surface area contributed by atoms with Crippen LogP contribution in [-0.2, 0) is 13.0 Å². The third-order valence-electron chi connectivity index (χ3n) is 4.65. The van der Waals surface area contributed by atoms with Crippen molar-refractivity contribution in [3.63, 3.8) is 0 Å². The number of anilines is 1. The van der Waals surface area contributed by atoms with Crippen LogP contribution in [0.25, 0.3) is 16.9 Å². The molecule has 0 aliphatic carbocycles. The van der Waals surface area contributed by atoms with Gasteiger partial charge in [0.2, 0.25) is 5.65 Å². The predicted octanol–water partition coefficient (Wildman–Crippen LogP) is 1.66. The highest BCUT2D eigenvalue weighted by Crippen LogP contribution is 2.19. The summed E-state index contributed by atoms with van der Waals surface area (Å²) in [6.45, 7) is 2.49. The van der Waals surface area contributed by atoms with Crippen LogP contribution >= 0.6 is 0 Å². The maximum atomic E-state index is 5.88. The van der Waals surface area contributed by atoms with Crippen molar-refractivity contribution in [1.82, 2.24) is 45.2 Å². The van der Waals surface area contributed by atoms with E-state index in [9.17, 15) is 0 Å². The van der Waals surface area contributed by atoms with E-state index in [0.29, 0.717) is 29.9 Å². The van der Waals surface area contributed by atoms with E-state index >= 15 is 0 Å². The van der Waals surface area contributed by atoms with Crippen molar-refractivity contribution in [3.8, 4) is 5.69 Å². The van der Waals surface area contributed by atoms with Gasteiger partial charge in [-0.2, -0.15) is 30.4 Å². The third kappa shape index (κ3) is 3.31. The lowest BCUT2D eigenvalue weighted by Gasteiger charge is -2.01. The molecule has 0 saturated heterocycles. The lowest BCUT2D eigenvalue weighted by atomic mass is 10.1. The van der Waals surface area contributed by atoms with Crippen molar-refractivity contribution in [2.45, 2.75) is 19.9 Å². The molecule has 10 heteroatoms. The van der Waals surface area contributed by atoms with Gasteiger partial charge < -0.3 is 5.73 Å². The summed E-state index contributed by atoms with van der Waals surface area (Å²) < 4.78 is 1.85. The van der Waals surface area contributed by atoms with Gasteiger partial charge in [-0.05, 0) is 36.2 Å². The molecule has 0 radical (unpaired) electrons. The quantitative estimate of drug-likeness (QED) is 0.470. The zero-order valence-electron chi connectivity index (χ0n) is 15.7. The molecule has 3 N–H and O–H groups in total. The number of hydrogen-bond donors (Lipinski definition) is 2. The first-order chi connectivity index (χ1) is 14.2. The molecule has 4 heterocycles. The van der Waals surface area contributed by atoms with Crippen molar-refractivity contribution in [2.75, 3.05) is 5.73 Å². The summed E-state index contributed by atoms with van der Waals surface area (Å²) in [4.78, 5) is 5.82. The van der Waals surface area contributed by atoms with E-state index < -0.39 is 0 Å². The van der Waals surface area contributed by atoms with E-state index in [1.165, 1.54) is 0 Å². The Hall–Kier alpha value is -4.08. The minimum atomic E-state index is 0.418. The van der Waals surface area contributed by atoms with E-state index in [-0.39, 0.29) is 0 Å². The molecule has 1 aromatic carbocycles. The van der Waals surface area contributed by atoms with Gasteiger partial charge >= 0.3 is 0 Å². The number of H-pyrrole nitrogens is 1. The zero-order valence-corrected chi connectivity index (χ0v) is 15.7. The highest BCUT2D eigenvalue weighted by Gasteiger charge is 2.12. The summed E-state index contributed by atoms with van der Waals surface area (Å²) in [6.07, 6.45) is 4.45. The first kappa shape index (κ1) is 17.0. The first-order valence-corrected chi connectivity index (χ1v) is 9.11. The Morgan fingerprint density at radius 2 is 1.97 bits per heavy atom. The number of aromatic amines is 1. The molecular formula is C19H18N10. The van der Waals surface area contributed by atoms with Gasteiger partial charge in [-0.15, -0.1) is 5.10 Å². The Bertz CT molecular complexity index is 1280. The molecule has 10 nitrogen and oxygen atoms in total. The second kappa shape index (κ2) is 6.82. The number of aromatic nitrogens is 9. The highest BCUT2D eigenvalue weighted by molar-refractivity contribution is 5.76. The molecular weight excluding hydrogens is 368 g/mol. The van der Waals surface area contributed by atoms with Gasteiger partial charge in [0.05, 0.1) is 24.1 Å². The maximum absolute atomic E-state index is 5.88. The Balaban J connectivity index is 1.37. The number of para-hydroxylation sites is 1. The van der Waals surface area contributed by atoms with Crippen molar-refractivity contribution in [2.24, 2.45) is 0 Å². The van der Waals surface area contributed by atoms with E-state index in [1.54, 1.807) is 4.80 Å².